The zero-order valence-corrected chi connectivity index (χ0v) is 25.1. The van der Waals surface area contributed by atoms with E-state index in [1.165, 1.54) is 0 Å². The smallest absolute Gasteiger partial charge is 0.403 e. The lowest BCUT2D eigenvalue weighted by atomic mass is 9.41. The number of amides is 1. The fraction of sp³-hybridized carbons (Fsp3) is 0.606. The van der Waals surface area contributed by atoms with E-state index in [0.29, 0.717) is 25.0 Å². The van der Waals surface area contributed by atoms with E-state index in [4.69, 9.17) is 9.26 Å². The van der Waals surface area contributed by atoms with Crippen molar-refractivity contribution in [3.63, 3.8) is 0 Å². The highest BCUT2D eigenvalue weighted by Crippen LogP contribution is 2.70. The van der Waals surface area contributed by atoms with Gasteiger partial charge in [-0.1, -0.05) is 17.3 Å². The molecule has 2 heterocycles. The first-order valence-electron chi connectivity index (χ1n) is 15.9. The summed E-state index contributed by atoms with van der Waals surface area (Å²) in [5, 5.41) is 4.10. The topological polar surface area (TPSA) is 94.2 Å². The molecule has 0 spiro atoms. The summed E-state index contributed by atoms with van der Waals surface area (Å²) in [4.78, 5) is 29.0. The fourth-order valence-electron chi connectivity index (χ4n) is 8.53. The maximum Gasteiger partial charge on any atom is 0.403 e. The summed E-state index contributed by atoms with van der Waals surface area (Å²) in [5.41, 5.74) is -2.01. The van der Waals surface area contributed by atoms with Crippen LogP contribution in [0.25, 0.3) is 11.1 Å². The molecule has 0 radical (unpaired) electrons. The second kappa shape index (κ2) is 9.48. The highest BCUT2D eigenvalue weighted by Gasteiger charge is 2.74. The van der Waals surface area contributed by atoms with Crippen LogP contribution in [0.4, 0.5) is 23.2 Å². The van der Waals surface area contributed by atoms with Gasteiger partial charge in [-0.25, -0.2) is 14.4 Å². The first-order valence-corrected chi connectivity index (χ1v) is 15.9. The van der Waals surface area contributed by atoms with E-state index in [2.05, 4.69) is 20.1 Å². The third kappa shape index (κ3) is 4.40. The van der Waals surface area contributed by atoms with Gasteiger partial charge in [0.1, 0.15) is 11.1 Å². The third-order valence-corrected chi connectivity index (χ3v) is 11.6. The number of nitrogens with zero attached hydrogens (tertiary/aromatic N) is 5. The molecule has 8 nitrogen and oxygen atoms in total. The van der Waals surface area contributed by atoms with E-state index in [0.717, 1.165) is 55.3 Å². The first kappa shape index (κ1) is 28.9. The molecule has 2 aromatic heterocycles. The Kier molecular flexibility index (Phi) is 6.08. The molecule has 7 fully saturated rings. The van der Waals surface area contributed by atoms with Crippen molar-refractivity contribution < 1.29 is 31.6 Å². The van der Waals surface area contributed by atoms with E-state index in [-0.39, 0.29) is 49.3 Å². The first-order chi connectivity index (χ1) is 21.4. The average Bonchev–Trinajstić information content (AvgIpc) is 3.69. The molecule has 0 unspecified atom stereocenters. The average molecular weight is 626 g/mol. The van der Waals surface area contributed by atoms with Crippen LogP contribution in [0.5, 0.6) is 6.01 Å². The fourth-order valence-corrected chi connectivity index (χ4v) is 8.53. The largest absolute Gasteiger partial charge is 0.464 e. The third-order valence-electron chi connectivity index (χ3n) is 11.6. The van der Waals surface area contributed by atoms with Crippen LogP contribution in [0.1, 0.15) is 89.3 Å². The Labute approximate surface area is 258 Å². The van der Waals surface area contributed by atoms with Gasteiger partial charge in [0.15, 0.2) is 5.82 Å². The van der Waals surface area contributed by atoms with E-state index >= 15 is 0 Å². The number of carbonyl (C=O) groups is 1. The number of aromatic nitrogens is 4. The molecule has 0 aliphatic heterocycles. The molecule has 1 aromatic carbocycles. The number of alkyl halides is 4. The lowest BCUT2D eigenvalue weighted by Crippen LogP contribution is -2.71. The van der Waals surface area contributed by atoms with E-state index in [1.54, 1.807) is 12.4 Å². The Balaban J connectivity index is 1.04. The molecule has 7 aliphatic carbocycles. The highest BCUT2D eigenvalue weighted by molar-refractivity contribution is 6.00. The number of halogens is 4. The Morgan fingerprint density at radius 2 is 1.64 bits per heavy atom. The molecule has 0 atom stereocenters. The molecule has 1 amide bonds. The summed E-state index contributed by atoms with van der Waals surface area (Å²) >= 11 is 0. The van der Waals surface area contributed by atoms with Gasteiger partial charge in [0.05, 0.1) is 12.0 Å². The number of hydrogen-bond donors (Lipinski definition) is 0. The number of benzene rings is 1. The normalized spacial score (nSPS) is 32.4. The minimum Gasteiger partial charge on any atom is -0.464 e. The lowest BCUT2D eigenvalue weighted by molar-refractivity contribution is -0.211. The van der Waals surface area contributed by atoms with Gasteiger partial charge in [0.25, 0.3) is 0 Å². The summed E-state index contributed by atoms with van der Waals surface area (Å²) in [5.74, 6) is 0.0609. The van der Waals surface area contributed by atoms with Gasteiger partial charge in [-0.3, -0.25) is 4.79 Å². The van der Waals surface area contributed by atoms with Gasteiger partial charge in [-0.05, 0) is 101 Å². The standard InChI is InChI=1S/C33H35F4N5O3/c1-2-44-27-38-15-22(16-39-27)21-4-3-5-23(14-21)42(26(43)30-17-31(34,18-30)19-30)20-28-6-9-29(10-7-28,11-8-28)24-40-25(45-41-24)32(12-13-32)33(35,36)37/h3-5,14-16H,2,6-13,17-20H2,1H3. The van der Waals surface area contributed by atoms with E-state index < -0.39 is 28.1 Å². The van der Waals surface area contributed by atoms with Gasteiger partial charge in [-0.2, -0.15) is 18.2 Å². The number of rotatable bonds is 9. The Hall–Kier alpha value is -3.57. The molecule has 45 heavy (non-hydrogen) atoms. The van der Waals surface area contributed by atoms with Crippen LogP contribution in [-0.2, 0) is 15.6 Å². The monoisotopic (exact) mass is 625 g/mol. The van der Waals surface area contributed by atoms with Crippen LogP contribution in [0.3, 0.4) is 0 Å². The zero-order chi connectivity index (χ0) is 31.3. The Morgan fingerprint density at radius 3 is 2.22 bits per heavy atom. The van der Waals surface area contributed by atoms with Crippen molar-refractivity contribution in [3.05, 3.63) is 48.4 Å². The maximum atomic E-state index is 14.6. The SMILES string of the molecule is CCOc1ncc(-c2cccc(N(CC34CCC(c5noc(C6(C(F)(F)F)CC6)n5)(CC3)CC4)C(=O)C34CC(F)(C3)C4)c2)cn1. The van der Waals surface area contributed by atoms with Crippen molar-refractivity contribution >= 4 is 11.6 Å². The molecule has 238 valence electrons. The van der Waals surface area contributed by atoms with Crippen LogP contribution in [0.15, 0.2) is 41.2 Å². The van der Waals surface area contributed by atoms with Gasteiger partial charge in [0.2, 0.25) is 11.8 Å². The van der Waals surface area contributed by atoms with Gasteiger partial charge < -0.3 is 14.2 Å². The molecule has 3 aromatic rings. The van der Waals surface area contributed by atoms with Crippen LogP contribution in [0, 0.1) is 10.8 Å². The highest BCUT2D eigenvalue weighted by atomic mass is 19.4. The summed E-state index contributed by atoms with van der Waals surface area (Å²) in [6.07, 6.45) is 4.30. The summed E-state index contributed by atoms with van der Waals surface area (Å²) < 4.78 is 66.3. The van der Waals surface area contributed by atoms with Crippen molar-refractivity contribution in [3.8, 4) is 17.1 Å². The second-order valence-corrected chi connectivity index (χ2v) is 14.4. The molecule has 10 rings (SSSR count). The van der Waals surface area contributed by atoms with Crippen LogP contribution in [-0.4, -0.2) is 51.0 Å². The van der Waals surface area contributed by atoms with Crippen LogP contribution < -0.4 is 9.64 Å². The lowest BCUT2D eigenvalue weighted by Gasteiger charge is -2.65. The molecule has 0 N–H and O–H groups in total. The Morgan fingerprint density at radius 1 is 0.978 bits per heavy atom. The van der Waals surface area contributed by atoms with Crippen LogP contribution in [0.2, 0.25) is 0 Å². The minimum absolute atomic E-state index is 0.0179. The van der Waals surface area contributed by atoms with E-state index in [9.17, 15) is 22.4 Å². The molecule has 12 heteroatoms. The maximum absolute atomic E-state index is 14.6. The quantitative estimate of drug-likeness (QED) is 0.236. The van der Waals surface area contributed by atoms with Gasteiger partial charge in [-0.15, -0.1) is 0 Å². The van der Waals surface area contributed by atoms with Crippen molar-refractivity contribution in [2.75, 3.05) is 18.1 Å². The molecule has 4 bridgehead atoms. The van der Waals surface area contributed by atoms with Crippen molar-refractivity contribution in [2.45, 2.75) is 100 Å². The zero-order valence-electron chi connectivity index (χ0n) is 25.1. The molecular weight excluding hydrogens is 590 g/mol. The minimum atomic E-state index is -4.40. The number of ether oxygens (including phenoxy) is 1. The molecule has 7 aliphatic rings. The summed E-state index contributed by atoms with van der Waals surface area (Å²) in [6, 6.07) is 8.05. The van der Waals surface area contributed by atoms with Crippen LogP contribution >= 0.6 is 0 Å². The molecular formula is C33H35F4N5O3. The number of fused-ring (bicyclic) bond motifs is 3. The van der Waals surface area contributed by atoms with Crippen molar-refractivity contribution in [1.29, 1.82) is 0 Å². The van der Waals surface area contributed by atoms with Crippen molar-refractivity contribution in [2.24, 2.45) is 10.8 Å². The summed E-state index contributed by atoms with van der Waals surface area (Å²) in [7, 11) is 0. The Bertz CT molecular complexity index is 1610. The summed E-state index contributed by atoms with van der Waals surface area (Å²) in [6.45, 7) is 2.83. The molecule has 0 saturated heterocycles. The predicted octanol–water partition coefficient (Wildman–Crippen LogP) is 7.04. The number of carbonyl (C=O) groups excluding carboxylic acids is 1. The molecule has 7 saturated carbocycles. The van der Waals surface area contributed by atoms with Crippen molar-refractivity contribution in [1.82, 2.24) is 20.1 Å². The second-order valence-electron chi connectivity index (χ2n) is 14.4. The predicted molar refractivity (Wildman–Crippen MR) is 154 cm³/mol. The number of anilines is 1. The number of hydrogen-bond acceptors (Lipinski definition) is 7. The van der Waals surface area contributed by atoms with Gasteiger partial charge in [0, 0.05) is 35.6 Å². The van der Waals surface area contributed by atoms with E-state index in [1.807, 2.05) is 36.1 Å². The van der Waals surface area contributed by atoms with Gasteiger partial charge >= 0.3 is 12.2 Å².